The average Bonchev–Trinajstić information content (AvgIpc) is 3.34. The Morgan fingerprint density at radius 2 is 0.833 bits per heavy atom. The number of hydrogen-bond acceptors (Lipinski definition) is 5. The molecule has 0 fully saturated rings. The van der Waals surface area contributed by atoms with E-state index in [0.717, 1.165) is 53.6 Å². The summed E-state index contributed by atoms with van der Waals surface area (Å²) in [5.74, 6) is 0.972. The molecule has 4 atom stereocenters. The van der Waals surface area contributed by atoms with Crippen LogP contribution in [0.15, 0.2) is 216 Å². The molecule has 8 aromatic rings. The van der Waals surface area contributed by atoms with E-state index < -0.39 is 9.49 Å². The monoisotopic (exact) mass is 942 g/mol. The van der Waals surface area contributed by atoms with Crippen LogP contribution in [0.2, 0.25) is 10.0 Å². The van der Waals surface area contributed by atoms with Crippen LogP contribution in [-0.2, 0) is 14.3 Å². The molecule has 0 aromatic heterocycles. The van der Waals surface area contributed by atoms with Crippen molar-refractivity contribution < 1.29 is 14.3 Å². The molecule has 66 heavy (non-hydrogen) atoms. The molecular formula is C59H52Cl2O3S2. The Morgan fingerprint density at radius 3 is 1.20 bits per heavy atom. The van der Waals surface area contributed by atoms with Crippen molar-refractivity contribution in [1.29, 1.82) is 0 Å². The summed E-state index contributed by atoms with van der Waals surface area (Å²) in [6, 6.07) is 66.3. The number of fused-ring (bicyclic) bond motifs is 2. The van der Waals surface area contributed by atoms with Gasteiger partial charge in [-0.2, -0.15) is 0 Å². The number of Topliss-reactive ketones (excluding diaryl/α,β-unsaturated/α-hetero) is 1. The first-order valence-electron chi connectivity index (χ1n) is 22.1. The van der Waals surface area contributed by atoms with Crippen LogP contribution < -0.4 is 0 Å². The van der Waals surface area contributed by atoms with Crippen LogP contribution >= 0.6 is 46.7 Å². The van der Waals surface area contributed by atoms with E-state index in [1.165, 1.54) is 0 Å². The standard InChI is InChI=1S/C59H52Cl2O3S2/c1-58(65-52-19-7-5-8-20-52,39-56(63-3)43-27-31-49(60)32-28-43)54(47-25-23-41-15-11-13-17-45(41)35-47)37-51(62)38-55(48-26-24-42-16-12-14-18-46(42)36-48)59(2,66-53-21-9-6-10-22-53)40-57(64-4)44-29-33-50(61)34-30-44/h5-36,39-40,54-55H,37-38H2,1-4H3. The van der Waals surface area contributed by atoms with Crippen LogP contribution in [0, 0.1) is 0 Å². The molecule has 0 saturated heterocycles. The first-order chi connectivity index (χ1) is 32.0. The molecule has 0 saturated carbocycles. The van der Waals surface area contributed by atoms with Gasteiger partial charge in [-0.3, -0.25) is 4.79 Å². The van der Waals surface area contributed by atoms with E-state index in [4.69, 9.17) is 32.7 Å². The molecule has 0 amide bonds. The summed E-state index contributed by atoms with van der Waals surface area (Å²) in [5.41, 5.74) is 3.95. The predicted octanol–water partition coefficient (Wildman–Crippen LogP) is 17.0. The van der Waals surface area contributed by atoms with Crippen LogP contribution in [0.1, 0.15) is 60.8 Å². The van der Waals surface area contributed by atoms with Crippen LogP contribution in [-0.4, -0.2) is 29.5 Å². The highest BCUT2D eigenvalue weighted by Gasteiger charge is 2.41. The van der Waals surface area contributed by atoms with Crippen molar-refractivity contribution in [3.63, 3.8) is 0 Å². The van der Waals surface area contributed by atoms with Gasteiger partial charge in [0.15, 0.2) is 0 Å². The minimum absolute atomic E-state index is 0.142. The third-order valence-electron chi connectivity index (χ3n) is 12.3. The number of rotatable bonds is 18. The van der Waals surface area contributed by atoms with Gasteiger partial charge in [0.05, 0.1) is 14.2 Å². The lowest BCUT2D eigenvalue weighted by atomic mass is 9.77. The number of hydrogen-bond donors (Lipinski definition) is 0. The normalized spacial score (nSPS) is 14.8. The molecule has 8 rings (SSSR count). The summed E-state index contributed by atoms with van der Waals surface area (Å²) in [7, 11) is 3.41. The number of carbonyl (C=O) groups is 1. The highest BCUT2D eigenvalue weighted by atomic mass is 35.5. The van der Waals surface area contributed by atoms with Crippen molar-refractivity contribution in [3.05, 3.63) is 239 Å². The molecule has 4 unspecified atom stereocenters. The van der Waals surface area contributed by atoms with Gasteiger partial charge >= 0.3 is 0 Å². The minimum atomic E-state index is -0.692. The Kier molecular flexibility index (Phi) is 15.1. The van der Waals surface area contributed by atoms with Crippen molar-refractivity contribution in [1.82, 2.24) is 0 Å². The summed E-state index contributed by atoms with van der Waals surface area (Å²) in [5, 5.41) is 5.82. The first kappa shape index (κ1) is 46.8. The van der Waals surface area contributed by atoms with Crippen molar-refractivity contribution in [2.75, 3.05) is 14.2 Å². The predicted molar refractivity (Wildman–Crippen MR) is 282 cm³/mol. The van der Waals surface area contributed by atoms with Gasteiger partial charge in [-0.1, -0.05) is 145 Å². The van der Waals surface area contributed by atoms with E-state index in [-0.39, 0.29) is 30.5 Å². The molecule has 0 spiro atoms. The summed E-state index contributed by atoms with van der Waals surface area (Å²) in [4.78, 5) is 17.9. The third kappa shape index (κ3) is 11.3. The minimum Gasteiger partial charge on any atom is -0.496 e. The van der Waals surface area contributed by atoms with Crippen molar-refractivity contribution in [2.45, 2.75) is 57.8 Å². The molecule has 7 heteroatoms. The smallest absolute Gasteiger partial charge is 0.134 e. The fourth-order valence-corrected chi connectivity index (χ4v) is 11.8. The quantitative estimate of drug-likeness (QED) is 0.0633. The summed E-state index contributed by atoms with van der Waals surface area (Å²) in [6.45, 7) is 4.48. The van der Waals surface area contributed by atoms with Gasteiger partial charge < -0.3 is 9.47 Å². The van der Waals surface area contributed by atoms with Crippen molar-refractivity contribution in [2.24, 2.45) is 0 Å². The highest BCUT2D eigenvalue weighted by Crippen LogP contribution is 2.51. The molecule has 0 aliphatic heterocycles. The highest BCUT2D eigenvalue weighted by molar-refractivity contribution is 8.01. The Bertz CT molecular complexity index is 2770. The zero-order valence-electron chi connectivity index (χ0n) is 37.5. The molecule has 332 valence electrons. The summed E-state index contributed by atoms with van der Waals surface area (Å²) in [6.07, 6.45) is 4.93. The van der Waals surface area contributed by atoms with Gasteiger partial charge in [-0.15, -0.1) is 23.5 Å². The zero-order valence-corrected chi connectivity index (χ0v) is 40.6. The van der Waals surface area contributed by atoms with E-state index in [9.17, 15) is 0 Å². The second kappa shape index (κ2) is 21.3. The lowest BCUT2D eigenvalue weighted by Gasteiger charge is -2.38. The van der Waals surface area contributed by atoms with Crippen LogP contribution in [0.25, 0.3) is 33.1 Å². The van der Waals surface area contributed by atoms with Gasteiger partial charge in [0.2, 0.25) is 0 Å². The topological polar surface area (TPSA) is 35.5 Å². The maximum absolute atomic E-state index is 15.7. The number of methoxy groups -OCH3 is 2. The molecule has 0 bridgehead atoms. The maximum atomic E-state index is 15.7. The number of thioether (sulfide) groups is 2. The Hall–Kier alpha value is -5.69. The second-order valence-electron chi connectivity index (χ2n) is 16.9. The Labute approximate surface area is 407 Å². The number of ether oxygens (including phenoxy) is 2. The van der Waals surface area contributed by atoms with Crippen LogP contribution in [0.3, 0.4) is 0 Å². The van der Waals surface area contributed by atoms with E-state index in [1.54, 1.807) is 37.7 Å². The van der Waals surface area contributed by atoms with Crippen LogP contribution in [0.5, 0.6) is 0 Å². The lowest BCUT2D eigenvalue weighted by molar-refractivity contribution is -0.120. The van der Waals surface area contributed by atoms with Gasteiger partial charge in [-0.25, -0.2) is 0 Å². The molecule has 0 heterocycles. The number of halogens is 2. The first-order valence-corrected chi connectivity index (χ1v) is 24.4. The molecule has 0 aliphatic rings. The van der Waals surface area contributed by atoms with E-state index in [1.807, 2.05) is 60.7 Å². The SMILES string of the molecule is COC(=CC(C)(Sc1ccccc1)C(CC(=O)CC(c1ccc2ccccc2c1)C(C)(C=C(OC)c1ccc(Cl)cc1)Sc1ccccc1)c1ccc2ccccc2c1)c1ccc(Cl)cc1. The summed E-state index contributed by atoms with van der Waals surface area (Å²) < 4.78 is 11.0. The van der Waals surface area contributed by atoms with E-state index in [0.29, 0.717) is 21.6 Å². The van der Waals surface area contributed by atoms with Crippen molar-refractivity contribution in [3.8, 4) is 0 Å². The van der Waals surface area contributed by atoms with Gasteiger partial charge in [0.1, 0.15) is 17.3 Å². The molecular weight excluding hydrogens is 892 g/mol. The van der Waals surface area contributed by atoms with E-state index in [2.05, 4.69) is 159 Å². The molecule has 0 N–H and O–H groups in total. The molecule has 3 nitrogen and oxygen atoms in total. The molecule has 0 radical (unpaired) electrons. The lowest BCUT2D eigenvalue weighted by Crippen LogP contribution is -2.33. The van der Waals surface area contributed by atoms with Gasteiger partial charge in [0.25, 0.3) is 0 Å². The number of carbonyl (C=O) groups excluding carboxylic acids is 1. The zero-order chi connectivity index (χ0) is 46.1. The second-order valence-corrected chi connectivity index (χ2v) is 20.9. The fourth-order valence-electron chi connectivity index (χ4n) is 8.85. The fraction of sp³-hybridized carbons (Fsp3) is 0.169. The maximum Gasteiger partial charge on any atom is 0.134 e. The third-order valence-corrected chi connectivity index (χ3v) is 15.5. The van der Waals surface area contributed by atoms with Crippen LogP contribution in [0.4, 0.5) is 0 Å². The average molecular weight is 944 g/mol. The number of benzene rings is 8. The summed E-state index contributed by atoms with van der Waals surface area (Å²) >= 11 is 16.2. The van der Waals surface area contributed by atoms with E-state index >= 15 is 4.79 Å². The molecule has 0 aliphatic carbocycles. The van der Waals surface area contributed by atoms with Crippen molar-refractivity contribution >= 4 is 85.6 Å². The molecule has 8 aromatic carbocycles. The Morgan fingerprint density at radius 1 is 0.485 bits per heavy atom. The largest absolute Gasteiger partial charge is 0.496 e. The van der Waals surface area contributed by atoms with Gasteiger partial charge in [0, 0.05) is 65.1 Å². The Balaban J connectivity index is 1.29. The van der Waals surface area contributed by atoms with Gasteiger partial charge in [-0.05, 0) is 131 Å². The number of ketones is 1.